The zero-order valence-electron chi connectivity index (χ0n) is 13.4. The summed E-state index contributed by atoms with van der Waals surface area (Å²) in [5, 5.41) is 7.14. The van der Waals surface area contributed by atoms with Gasteiger partial charge in [-0.05, 0) is 30.6 Å². The highest BCUT2D eigenvalue weighted by molar-refractivity contribution is 5.82. The lowest BCUT2D eigenvalue weighted by Gasteiger charge is -2.31. The van der Waals surface area contributed by atoms with E-state index in [-0.39, 0.29) is 11.3 Å². The molecule has 1 aliphatic carbocycles. The van der Waals surface area contributed by atoms with Crippen LogP contribution < -0.4 is 11.1 Å². The van der Waals surface area contributed by atoms with Crippen molar-refractivity contribution in [3.05, 3.63) is 18.0 Å². The fraction of sp³-hybridized carbons (Fsp3) is 0.750. The second-order valence-corrected chi connectivity index (χ2v) is 6.95. The number of amides is 1. The predicted octanol–water partition coefficient (Wildman–Crippen LogP) is 2.14. The molecule has 0 spiro atoms. The van der Waals surface area contributed by atoms with Crippen LogP contribution in [0.1, 0.15) is 57.6 Å². The van der Waals surface area contributed by atoms with Gasteiger partial charge in [0.1, 0.15) is 6.04 Å². The molecule has 5 heteroatoms. The number of nitrogens with one attached hydrogen (secondary N) is 1. The lowest BCUT2D eigenvalue weighted by atomic mass is 9.78. The smallest absolute Gasteiger partial charge is 0.241 e. The third kappa shape index (κ3) is 4.06. The first kappa shape index (κ1) is 16.0. The number of rotatable bonds is 6. The van der Waals surface area contributed by atoms with E-state index in [2.05, 4.69) is 24.3 Å². The average Bonchev–Trinajstić information content (AvgIpc) is 3.04. The summed E-state index contributed by atoms with van der Waals surface area (Å²) < 4.78 is 1.67. The lowest BCUT2D eigenvalue weighted by molar-refractivity contribution is -0.123. The van der Waals surface area contributed by atoms with Crippen molar-refractivity contribution in [2.75, 3.05) is 6.54 Å². The molecule has 21 heavy (non-hydrogen) atoms. The molecule has 1 amide bonds. The minimum absolute atomic E-state index is 0.0990. The summed E-state index contributed by atoms with van der Waals surface area (Å²) in [6.45, 7) is 5.25. The maximum atomic E-state index is 12.3. The van der Waals surface area contributed by atoms with Crippen molar-refractivity contribution in [2.24, 2.45) is 24.1 Å². The van der Waals surface area contributed by atoms with E-state index < -0.39 is 6.04 Å². The van der Waals surface area contributed by atoms with Gasteiger partial charge in [0.2, 0.25) is 5.91 Å². The van der Waals surface area contributed by atoms with Gasteiger partial charge in [-0.15, -0.1) is 0 Å². The first-order valence-corrected chi connectivity index (χ1v) is 7.94. The summed E-state index contributed by atoms with van der Waals surface area (Å²) in [4.78, 5) is 12.3. The van der Waals surface area contributed by atoms with Crippen LogP contribution in [0.15, 0.2) is 12.4 Å². The maximum absolute atomic E-state index is 12.3. The van der Waals surface area contributed by atoms with Gasteiger partial charge in [0.05, 0.1) is 6.20 Å². The van der Waals surface area contributed by atoms with Crippen LogP contribution in [-0.4, -0.2) is 22.2 Å². The molecular formula is C16H28N4O. The third-order valence-corrected chi connectivity index (χ3v) is 4.51. The van der Waals surface area contributed by atoms with Gasteiger partial charge >= 0.3 is 0 Å². The monoisotopic (exact) mass is 292 g/mol. The van der Waals surface area contributed by atoms with Gasteiger partial charge in [-0.2, -0.15) is 5.10 Å². The summed E-state index contributed by atoms with van der Waals surface area (Å²) in [5.41, 5.74) is 7.06. The molecule has 1 aromatic heterocycles. The van der Waals surface area contributed by atoms with Gasteiger partial charge in [-0.3, -0.25) is 9.48 Å². The van der Waals surface area contributed by atoms with Gasteiger partial charge in [0.25, 0.3) is 0 Å². The standard InChI is InChI=1S/C16H28N4O/c1-12(2)8-16(6-4-5-7-16)11-18-15(21)14(17)13-9-19-20(3)10-13/h9-10,12,14H,4-8,11,17H2,1-3H3,(H,18,21). The van der Waals surface area contributed by atoms with Gasteiger partial charge < -0.3 is 11.1 Å². The molecule has 0 radical (unpaired) electrons. The summed E-state index contributed by atoms with van der Waals surface area (Å²) in [6, 6.07) is -0.629. The maximum Gasteiger partial charge on any atom is 0.241 e. The first-order chi connectivity index (χ1) is 9.92. The largest absolute Gasteiger partial charge is 0.354 e. The SMILES string of the molecule is CC(C)CC1(CNC(=O)C(N)c2cnn(C)c2)CCCC1. The van der Waals surface area contributed by atoms with E-state index in [1.807, 2.05) is 7.05 Å². The van der Waals surface area contributed by atoms with Crippen molar-refractivity contribution >= 4 is 5.91 Å². The Morgan fingerprint density at radius 2 is 2.14 bits per heavy atom. The molecule has 5 nitrogen and oxygen atoms in total. The molecule has 1 atom stereocenters. The highest BCUT2D eigenvalue weighted by Crippen LogP contribution is 2.42. The zero-order valence-corrected chi connectivity index (χ0v) is 13.4. The molecule has 1 heterocycles. The van der Waals surface area contributed by atoms with Crippen LogP contribution in [0, 0.1) is 11.3 Å². The van der Waals surface area contributed by atoms with E-state index in [4.69, 9.17) is 5.73 Å². The van der Waals surface area contributed by atoms with E-state index >= 15 is 0 Å². The highest BCUT2D eigenvalue weighted by Gasteiger charge is 2.35. The molecule has 1 aromatic rings. The van der Waals surface area contributed by atoms with Crippen LogP contribution in [-0.2, 0) is 11.8 Å². The molecule has 2 rings (SSSR count). The van der Waals surface area contributed by atoms with E-state index in [1.54, 1.807) is 17.1 Å². The van der Waals surface area contributed by atoms with Crippen molar-refractivity contribution in [1.82, 2.24) is 15.1 Å². The minimum atomic E-state index is -0.629. The van der Waals surface area contributed by atoms with Crippen LogP contribution >= 0.6 is 0 Å². The van der Waals surface area contributed by atoms with Gasteiger partial charge in [0.15, 0.2) is 0 Å². The molecule has 1 saturated carbocycles. The van der Waals surface area contributed by atoms with Crippen LogP contribution in [0.3, 0.4) is 0 Å². The Morgan fingerprint density at radius 1 is 1.48 bits per heavy atom. The fourth-order valence-corrected chi connectivity index (χ4v) is 3.58. The lowest BCUT2D eigenvalue weighted by Crippen LogP contribution is -2.41. The quantitative estimate of drug-likeness (QED) is 0.843. The second-order valence-electron chi connectivity index (χ2n) is 6.95. The van der Waals surface area contributed by atoms with Crippen molar-refractivity contribution in [2.45, 2.75) is 52.0 Å². The topological polar surface area (TPSA) is 72.9 Å². The predicted molar refractivity (Wildman–Crippen MR) is 83.5 cm³/mol. The molecule has 0 aliphatic heterocycles. The molecule has 1 fully saturated rings. The van der Waals surface area contributed by atoms with Crippen LogP contribution in [0.5, 0.6) is 0 Å². The number of hydrogen-bond acceptors (Lipinski definition) is 3. The fourth-order valence-electron chi connectivity index (χ4n) is 3.58. The number of carbonyl (C=O) groups excluding carboxylic acids is 1. The molecule has 1 aliphatic rings. The van der Waals surface area contributed by atoms with Crippen LogP contribution in [0.25, 0.3) is 0 Å². The van der Waals surface area contributed by atoms with Gasteiger partial charge in [-0.25, -0.2) is 0 Å². The molecule has 0 bridgehead atoms. The van der Waals surface area contributed by atoms with E-state index in [0.717, 1.165) is 12.1 Å². The summed E-state index contributed by atoms with van der Waals surface area (Å²) >= 11 is 0. The van der Waals surface area contributed by atoms with Crippen LogP contribution in [0.4, 0.5) is 0 Å². The van der Waals surface area contributed by atoms with E-state index in [1.165, 1.54) is 32.1 Å². The Hall–Kier alpha value is -1.36. The summed E-state index contributed by atoms with van der Waals surface area (Å²) in [6.07, 6.45) is 9.61. The molecule has 0 aromatic carbocycles. The van der Waals surface area contributed by atoms with E-state index in [0.29, 0.717) is 5.92 Å². The van der Waals surface area contributed by atoms with Crippen LogP contribution in [0.2, 0.25) is 0 Å². The van der Waals surface area contributed by atoms with Gasteiger partial charge in [-0.1, -0.05) is 26.7 Å². The molecule has 0 saturated heterocycles. The molecule has 1 unspecified atom stereocenters. The zero-order chi connectivity index (χ0) is 15.5. The first-order valence-electron chi connectivity index (χ1n) is 7.94. The summed E-state index contributed by atoms with van der Waals surface area (Å²) in [7, 11) is 1.82. The number of nitrogens with two attached hydrogens (primary N) is 1. The Balaban J connectivity index is 1.92. The minimum Gasteiger partial charge on any atom is -0.354 e. The Labute approximate surface area is 127 Å². The number of carbonyl (C=O) groups is 1. The molecular weight excluding hydrogens is 264 g/mol. The van der Waals surface area contributed by atoms with Crippen molar-refractivity contribution in [1.29, 1.82) is 0 Å². The average molecular weight is 292 g/mol. The van der Waals surface area contributed by atoms with Gasteiger partial charge in [0, 0.05) is 25.4 Å². The third-order valence-electron chi connectivity index (χ3n) is 4.51. The second kappa shape index (κ2) is 6.60. The molecule has 118 valence electrons. The molecule has 3 N–H and O–H groups in total. The number of aryl methyl sites for hydroxylation is 1. The van der Waals surface area contributed by atoms with Crippen molar-refractivity contribution in [3.63, 3.8) is 0 Å². The highest BCUT2D eigenvalue weighted by atomic mass is 16.2. The summed E-state index contributed by atoms with van der Waals surface area (Å²) in [5.74, 6) is 0.560. The number of aromatic nitrogens is 2. The Kier molecular flexibility index (Phi) is 5.04. The normalized spacial score (nSPS) is 18.9. The van der Waals surface area contributed by atoms with E-state index in [9.17, 15) is 4.79 Å². The Bertz CT molecular complexity index is 474. The number of nitrogens with zero attached hydrogens (tertiary/aromatic N) is 2. The Morgan fingerprint density at radius 3 is 2.67 bits per heavy atom. The number of hydrogen-bond donors (Lipinski definition) is 2. The van der Waals surface area contributed by atoms with Crippen molar-refractivity contribution in [3.8, 4) is 0 Å². The van der Waals surface area contributed by atoms with Crippen molar-refractivity contribution < 1.29 is 4.79 Å².